The second kappa shape index (κ2) is 4.34. The van der Waals surface area contributed by atoms with Crippen LogP contribution in [0.5, 0.6) is 0 Å². The van der Waals surface area contributed by atoms with Crippen LogP contribution in [0, 0.1) is 6.07 Å². The molecule has 16 heavy (non-hydrogen) atoms. The van der Waals surface area contributed by atoms with Crippen molar-refractivity contribution in [3.05, 3.63) is 54.6 Å². The summed E-state index contributed by atoms with van der Waals surface area (Å²) in [6.45, 7) is 0. The van der Waals surface area contributed by atoms with E-state index in [0.717, 1.165) is 5.25 Å². The molecule has 0 aliphatic heterocycles. The molecule has 1 fully saturated rings. The van der Waals surface area contributed by atoms with E-state index in [4.69, 9.17) is 0 Å². The van der Waals surface area contributed by atoms with E-state index in [1.807, 2.05) is 23.9 Å². The highest BCUT2D eigenvalue weighted by Crippen LogP contribution is 2.39. The highest BCUT2D eigenvalue weighted by Gasteiger charge is 2.22. The number of hydrogen-bond donors (Lipinski definition) is 0. The van der Waals surface area contributed by atoms with Crippen LogP contribution in [0.1, 0.15) is 12.8 Å². The third-order valence-electron chi connectivity index (χ3n) is 2.73. The number of benzene rings is 2. The Hall–Kier alpha value is -1.21. The quantitative estimate of drug-likeness (QED) is 0.745. The summed E-state index contributed by atoms with van der Waals surface area (Å²) in [4.78, 5) is 1.40. The van der Waals surface area contributed by atoms with Gasteiger partial charge in [0.25, 0.3) is 0 Å². The Labute approximate surface area is 101 Å². The molecule has 0 amide bonds. The zero-order valence-electron chi connectivity index (χ0n) is 9.02. The van der Waals surface area contributed by atoms with Gasteiger partial charge in [-0.05, 0) is 42.2 Å². The maximum absolute atomic E-state index is 3.04. The second-order valence-electron chi connectivity index (χ2n) is 4.13. The standard InChI is InChI=1S/C15H13S/c1-2-4-12(5-3-1)13-6-8-14(9-7-13)16-15-10-11-15/h2-9,15H,10-11H2. The van der Waals surface area contributed by atoms with Gasteiger partial charge in [0.05, 0.1) is 0 Å². The van der Waals surface area contributed by atoms with Crippen LogP contribution in [0.25, 0.3) is 11.1 Å². The molecule has 0 aromatic heterocycles. The normalized spacial score (nSPS) is 15.0. The third kappa shape index (κ3) is 2.30. The minimum Gasteiger partial charge on any atom is -0.123 e. The molecule has 3 rings (SSSR count). The van der Waals surface area contributed by atoms with Crippen molar-refractivity contribution in [1.29, 1.82) is 0 Å². The van der Waals surface area contributed by atoms with Crippen LogP contribution in [0.15, 0.2) is 53.4 Å². The van der Waals surface area contributed by atoms with Gasteiger partial charge in [-0.15, -0.1) is 11.8 Å². The van der Waals surface area contributed by atoms with E-state index in [1.54, 1.807) is 0 Å². The molecule has 1 heteroatoms. The van der Waals surface area contributed by atoms with Gasteiger partial charge in [-0.25, -0.2) is 0 Å². The number of rotatable bonds is 3. The summed E-state index contributed by atoms with van der Waals surface area (Å²) in [5.74, 6) is 0. The Kier molecular flexibility index (Phi) is 2.71. The van der Waals surface area contributed by atoms with Crippen molar-refractivity contribution in [2.24, 2.45) is 0 Å². The fraction of sp³-hybridized carbons (Fsp3) is 0.200. The summed E-state index contributed by atoms with van der Waals surface area (Å²) in [6, 6.07) is 20.0. The first-order chi connectivity index (χ1) is 7.92. The lowest BCUT2D eigenvalue weighted by Gasteiger charge is -2.03. The molecule has 2 aromatic carbocycles. The molecule has 1 aliphatic rings. The fourth-order valence-electron chi connectivity index (χ4n) is 1.68. The zero-order valence-corrected chi connectivity index (χ0v) is 9.84. The molecular formula is C15H13S. The molecule has 79 valence electrons. The van der Waals surface area contributed by atoms with Gasteiger partial charge in [0, 0.05) is 10.1 Å². The Morgan fingerprint density at radius 1 is 0.875 bits per heavy atom. The second-order valence-corrected chi connectivity index (χ2v) is 5.50. The molecule has 1 saturated carbocycles. The summed E-state index contributed by atoms with van der Waals surface area (Å²) in [5, 5.41) is 0.886. The maximum Gasteiger partial charge on any atom is 0.00952 e. The molecule has 0 nitrogen and oxygen atoms in total. The topological polar surface area (TPSA) is 0 Å². The van der Waals surface area contributed by atoms with Crippen molar-refractivity contribution in [3.8, 4) is 11.1 Å². The SMILES string of the molecule is [c]1ccc(-c2ccc(SC3CC3)cc2)cc1. The minimum absolute atomic E-state index is 0.886. The molecule has 0 saturated heterocycles. The van der Waals surface area contributed by atoms with Gasteiger partial charge in [0.15, 0.2) is 0 Å². The van der Waals surface area contributed by atoms with Crippen molar-refractivity contribution in [2.75, 3.05) is 0 Å². The molecule has 0 spiro atoms. The summed E-state index contributed by atoms with van der Waals surface area (Å²) < 4.78 is 0. The molecule has 0 heterocycles. The molecular weight excluding hydrogens is 212 g/mol. The average molecular weight is 225 g/mol. The number of thioether (sulfide) groups is 1. The summed E-state index contributed by atoms with van der Waals surface area (Å²) >= 11 is 2.01. The van der Waals surface area contributed by atoms with Gasteiger partial charge in [0.2, 0.25) is 0 Å². The van der Waals surface area contributed by atoms with Crippen LogP contribution >= 0.6 is 11.8 Å². The summed E-state index contributed by atoms with van der Waals surface area (Å²) in [7, 11) is 0. The lowest BCUT2D eigenvalue weighted by molar-refractivity contribution is 1.42. The average Bonchev–Trinajstić information content (AvgIpc) is 3.15. The van der Waals surface area contributed by atoms with Crippen LogP contribution in [0.4, 0.5) is 0 Å². The zero-order chi connectivity index (χ0) is 10.8. The molecule has 0 N–H and O–H groups in total. The van der Waals surface area contributed by atoms with Gasteiger partial charge in [-0.3, -0.25) is 0 Å². The monoisotopic (exact) mass is 225 g/mol. The van der Waals surface area contributed by atoms with E-state index in [0.29, 0.717) is 0 Å². The van der Waals surface area contributed by atoms with Crippen molar-refractivity contribution in [1.82, 2.24) is 0 Å². The Morgan fingerprint density at radius 2 is 1.50 bits per heavy atom. The highest BCUT2D eigenvalue weighted by atomic mass is 32.2. The predicted molar refractivity (Wildman–Crippen MR) is 69.6 cm³/mol. The van der Waals surface area contributed by atoms with Crippen molar-refractivity contribution >= 4 is 11.8 Å². The van der Waals surface area contributed by atoms with Gasteiger partial charge in [-0.2, -0.15) is 0 Å². The smallest absolute Gasteiger partial charge is 0.00952 e. The van der Waals surface area contributed by atoms with Crippen molar-refractivity contribution in [2.45, 2.75) is 23.0 Å². The van der Waals surface area contributed by atoms with Crippen LogP contribution in [-0.2, 0) is 0 Å². The molecule has 1 aliphatic carbocycles. The molecule has 0 unspecified atom stereocenters. The van der Waals surface area contributed by atoms with E-state index in [2.05, 4.69) is 42.5 Å². The first-order valence-corrected chi connectivity index (χ1v) is 6.53. The fourth-order valence-corrected chi connectivity index (χ4v) is 2.73. The van der Waals surface area contributed by atoms with E-state index < -0.39 is 0 Å². The van der Waals surface area contributed by atoms with E-state index in [1.165, 1.54) is 28.9 Å². The minimum atomic E-state index is 0.886. The van der Waals surface area contributed by atoms with E-state index in [-0.39, 0.29) is 0 Å². The van der Waals surface area contributed by atoms with Gasteiger partial charge < -0.3 is 0 Å². The Bertz CT molecular complexity index is 455. The highest BCUT2D eigenvalue weighted by molar-refractivity contribution is 8.00. The Balaban J connectivity index is 1.81. The predicted octanol–water partition coefficient (Wildman–Crippen LogP) is 4.41. The van der Waals surface area contributed by atoms with Crippen LogP contribution < -0.4 is 0 Å². The Morgan fingerprint density at radius 3 is 2.12 bits per heavy atom. The van der Waals surface area contributed by atoms with Gasteiger partial charge >= 0.3 is 0 Å². The van der Waals surface area contributed by atoms with Crippen molar-refractivity contribution in [3.63, 3.8) is 0 Å². The van der Waals surface area contributed by atoms with Gasteiger partial charge in [-0.1, -0.05) is 36.4 Å². The van der Waals surface area contributed by atoms with Crippen LogP contribution in [0.2, 0.25) is 0 Å². The van der Waals surface area contributed by atoms with Crippen LogP contribution in [0.3, 0.4) is 0 Å². The summed E-state index contributed by atoms with van der Waals surface area (Å²) in [5.41, 5.74) is 2.55. The van der Waals surface area contributed by atoms with E-state index in [9.17, 15) is 0 Å². The van der Waals surface area contributed by atoms with Crippen LogP contribution in [-0.4, -0.2) is 5.25 Å². The molecule has 2 aromatic rings. The molecule has 0 bridgehead atoms. The molecule has 1 radical (unpaired) electrons. The lowest BCUT2D eigenvalue weighted by atomic mass is 10.1. The third-order valence-corrected chi connectivity index (χ3v) is 4.08. The lowest BCUT2D eigenvalue weighted by Crippen LogP contribution is -1.78. The van der Waals surface area contributed by atoms with Gasteiger partial charge in [0.1, 0.15) is 0 Å². The number of hydrogen-bond acceptors (Lipinski definition) is 1. The van der Waals surface area contributed by atoms with E-state index >= 15 is 0 Å². The summed E-state index contributed by atoms with van der Waals surface area (Å²) in [6.07, 6.45) is 2.78. The first-order valence-electron chi connectivity index (χ1n) is 5.65. The first kappa shape index (κ1) is 9.98. The molecule has 0 atom stereocenters. The maximum atomic E-state index is 3.04. The van der Waals surface area contributed by atoms with Crippen molar-refractivity contribution < 1.29 is 0 Å². The largest absolute Gasteiger partial charge is 0.123 e.